The number of unbranched alkanes of at least 4 members (excludes halogenated alkanes) is 2. The van der Waals surface area contributed by atoms with E-state index in [9.17, 15) is 9.59 Å². The number of carboxylic acid groups (broad SMARTS) is 1. The van der Waals surface area contributed by atoms with E-state index in [1.54, 1.807) is 11.9 Å². The average Bonchev–Trinajstić information content (AvgIpc) is 2.76. The summed E-state index contributed by atoms with van der Waals surface area (Å²) >= 11 is 0. The Bertz CT molecular complexity index is 312. The molecule has 0 aromatic heterocycles. The molecule has 0 aromatic rings. The van der Waals surface area contributed by atoms with Crippen LogP contribution in [0.1, 0.15) is 58.3 Å². The van der Waals surface area contributed by atoms with Gasteiger partial charge in [0.2, 0.25) is 0 Å². The normalized spacial score (nSPS) is 17.2. The highest BCUT2D eigenvalue weighted by molar-refractivity contribution is 5.76. The van der Waals surface area contributed by atoms with E-state index in [1.807, 2.05) is 0 Å². The standard InChI is InChI=1S/C14H26N2O3/c1-3-4-7-10-16(2)13(19)15-14(11-12(17)18)8-5-6-9-14/h3-11H2,1-2H3,(H,15,19)(H,17,18). The summed E-state index contributed by atoms with van der Waals surface area (Å²) in [6, 6.07) is -0.140. The Morgan fingerprint density at radius 1 is 1.26 bits per heavy atom. The van der Waals surface area contributed by atoms with E-state index >= 15 is 0 Å². The van der Waals surface area contributed by atoms with Crippen LogP contribution in [0.3, 0.4) is 0 Å². The molecule has 1 saturated carbocycles. The number of carbonyl (C=O) groups is 2. The molecule has 2 N–H and O–H groups in total. The number of carboxylic acids is 1. The molecule has 110 valence electrons. The number of hydrogen-bond acceptors (Lipinski definition) is 2. The van der Waals surface area contributed by atoms with Crippen molar-refractivity contribution >= 4 is 12.0 Å². The average molecular weight is 270 g/mol. The zero-order chi connectivity index (χ0) is 14.3. The molecule has 0 atom stereocenters. The summed E-state index contributed by atoms with van der Waals surface area (Å²) in [7, 11) is 1.77. The molecule has 0 spiro atoms. The number of hydrogen-bond donors (Lipinski definition) is 2. The number of urea groups is 1. The summed E-state index contributed by atoms with van der Waals surface area (Å²) in [5.41, 5.74) is -0.526. The highest BCUT2D eigenvalue weighted by atomic mass is 16.4. The second-order valence-electron chi connectivity index (χ2n) is 5.62. The molecule has 5 heteroatoms. The van der Waals surface area contributed by atoms with Crippen LogP contribution in [0.2, 0.25) is 0 Å². The Morgan fingerprint density at radius 2 is 1.89 bits per heavy atom. The minimum absolute atomic E-state index is 0.0293. The Labute approximate surface area is 115 Å². The fourth-order valence-electron chi connectivity index (χ4n) is 2.71. The number of amides is 2. The molecule has 19 heavy (non-hydrogen) atoms. The fraction of sp³-hybridized carbons (Fsp3) is 0.857. The Balaban J connectivity index is 2.49. The van der Waals surface area contributed by atoms with Crippen molar-refractivity contribution in [2.24, 2.45) is 0 Å². The van der Waals surface area contributed by atoms with Crippen molar-refractivity contribution in [3.63, 3.8) is 0 Å². The number of carbonyl (C=O) groups excluding carboxylic acids is 1. The molecule has 0 heterocycles. The second kappa shape index (κ2) is 7.36. The lowest BCUT2D eigenvalue weighted by atomic mass is 9.93. The van der Waals surface area contributed by atoms with Crippen LogP contribution in [0.5, 0.6) is 0 Å². The van der Waals surface area contributed by atoms with E-state index in [0.29, 0.717) is 0 Å². The van der Waals surface area contributed by atoms with Gasteiger partial charge in [-0.2, -0.15) is 0 Å². The number of rotatable bonds is 7. The van der Waals surface area contributed by atoms with Gasteiger partial charge < -0.3 is 15.3 Å². The second-order valence-corrected chi connectivity index (χ2v) is 5.62. The molecule has 0 saturated heterocycles. The van der Waals surface area contributed by atoms with Crippen molar-refractivity contribution in [1.29, 1.82) is 0 Å². The smallest absolute Gasteiger partial charge is 0.317 e. The number of nitrogens with zero attached hydrogens (tertiary/aromatic N) is 1. The van der Waals surface area contributed by atoms with Gasteiger partial charge in [0.15, 0.2) is 0 Å². The molecular formula is C14H26N2O3. The number of aliphatic carboxylic acids is 1. The lowest BCUT2D eigenvalue weighted by molar-refractivity contribution is -0.138. The molecule has 0 aliphatic heterocycles. The summed E-state index contributed by atoms with van der Waals surface area (Å²) in [6.45, 7) is 2.85. The third-order valence-electron chi connectivity index (χ3n) is 3.87. The predicted octanol–water partition coefficient (Wildman–Crippen LogP) is 2.61. The van der Waals surface area contributed by atoms with Crippen molar-refractivity contribution in [2.45, 2.75) is 63.8 Å². The first-order valence-corrected chi connectivity index (χ1v) is 7.24. The van der Waals surface area contributed by atoms with Gasteiger partial charge >= 0.3 is 12.0 Å². The zero-order valence-electron chi connectivity index (χ0n) is 12.1. The summed E-state index contributed by atoms with van der Waals surface area (Å²) in [6.07, 6.45) is 6.78. The molecule has 1 rings (SSSR count). The molecular weight excluding hydrogens is 244 g/mol. The van der Waals surface area contributed by atoms with Crippen LogP contribution < -0.4 is 5.32 Å². The third kappa shape index (κ3) is 5.09. The molecule has 0 bridgehead atoms. The number of nitrogens with one attached hydrogen (secondary N) is 1. The quantitative estimate of drug-likeness (QED) is 0.699. The molecule has 0 aromatic carbocycles. The lowest BCUT2D eigenvalue weighted by Crippen LogP contribution is -2.52. The molecule has 0 unspecified atom stereocenters. The van der Waals surface area contributed by atoms with Gasteiger partial charge in [-0.05, 0) is 19.3 Å². The minimum Gasteiger partial charge on any atom is -0.481 e. The van der Waals surface area contributed by atoms with Crippen molar-refractivity contribution in [1.82, 2.24) is 10.2 Å². The van der Waals surface area contributed by atoms with Crippen LogP contribution in [0.25, 0.3) is 0 Å². The monoisotopic (exact) mass is 270 g/mol. The molecule has 5 nitrogen and oxygen atoms in total. The maximum Gasteiger partial charge on any atom is 0.317 e. The molecule has 1 aliphatic carbocycles. The first kappa shape index (κ1) is 15.8. The summed E-state index contributed by atoms with van der Waals surface area (Å²) in [4.78, 5) is 24.7. The molecule has 2 amide bonds. The Kier molecular flexibility index (Phi) is 6.12. The molecule has 1 fully saturated rings. The summed E-state index contributed by atoms with van der Waals surface area (Å²) < 4.78 is 0. The fourth-order valence-corrected chi connectivity index (χ4v) is 2.71. The van der Waals surface area contributed by atoms with E-state index in [-0.39, 0.29) is 12.5 Å². The Hall–Kier alpha value is -1.26. The van der Waals surface area contributed by atoms with Crippen LogP contribution in [-0.2, 0) is 4.79 Å². The predicted molar refractivity (Wildman–Crippen MR) is 74.1 cm³/mol. The van der Waals surface area contributed by atoms with Gasteiger partial charge in [-0.1, -0.05) is 32.6 Å². The van der Waals surface area contributed by atoms with Crippen molar-refractivity contribution in [3.8, 4) is 0 Å². The largest absolute Gasteiger partial charge is 0.481 e. The van der Waals surface area contributed by atoms with Gasteiger partial charge in [0.05, 0.1) is 12.0 Å². The minimum atomic E-state index is -0.837. The molecule has 0 radical (unpaired) electrons. The van der Waals surface area contributed by atoms with Crippen LogP contribution in [-0.4, -0.2) is 41.1 Å². The topological polar surface area (TPSA) is 69.6 Å². The zero-order valence-corrected chi connectivity index (χ0v) is 12.1. The van der Waals surface area contributed by atoms with Crippen molar-refractivity contribution < 1.29 is 14.7 Å². The first-order valence-electron chi connectivity index (χ1n) is 7.24. The van der Waals surface area contributed by atoms with Crippen molar-refractivity contribution in [2.75, 3.05) is 13.6 Å². The molecule has 1 aliphatic rings. The highest BCUT2D eigenvalue weighted by Gasteiger charge is 2.37. The van der Waals surface area contributed by atoms with Crippen LogP contribution in [0.4, 0.5) is 4.79 Å². The maximum absolute atomic E-state index is 12.1. The summed E-state index contributed by atoms with van der Waals surface area (Å²) in [5.74, 6) is -0.837. The van der Waals surface area contributed by atoms with Crippen LogP contribution in [0, 0.1) is 0 Å². The lowest BCUT2D eigenvalue weighted by Gasteiger charge is -2.31. The van der Waals surface area contributed by atoms with Gasteiger partial charge in [-0.15, -0.1) is 0 Å². The van der Waals surface area contributed by atoms with E-state index in [1.165, 1.54) is 0 Å². The van der Waals surface area contributed by atoms with Crippen LogP contribution >= 0.6 is 0 Å². The van der Waals surface area contributed by atoms with E-state index in [4.69, 9.17) is 5.11 Å². The van der Waals surface area contributed by atoms with Crippen molar-refractivity contribution in [3.05, 3.63) is 0 Å². The van der Waals surface area contributed by atoms with Gasteiger partial charge in [0.1, 0.15) is 0 Å². The highest BCUT2D eigenvalue weighted by Crippen LogP contribution is 2.32. The maximum atomic E-state index is 12.1. The van der Waals surface area contributed by atoms with E-state index < -0.39 is 11.5 Å². The summed E-state index contributed by atoms with van der Waals surface area (Å²) in [5, 5.41) is 12.0. The van der Waals surface area contributed by atoms with E-state index in [2.05, 4.69) is 12.2 Å². The van der Waals surface area contributed by atoms with Gasteiger partial charge in [0, 0.05) is 13.6 Å². The first-order chi connectivity index (χ1) is 8.99. The Morgan fingerprint density at radius 3 is 2.42 bits per heavy atom. The van der Waals surface area contributed by atoms with Crippen LogP contribution in [0.15, 0.2) is 0 Å². The van der Waals surface area contributed by atoms with Gasteiger partial charge in [0.25, 0.3) is 0 Å². The van der Waals surface area contributed by atoms with E-state index in [0.717, 1.165) is 51.5 Å². The third-order valence-corrected chi connectivity index (χ3v) is 3.87. The SMILES string of the molecule is CCCCCN(C)C(=O)NC1(CC(=O)O)CCCC1. The van der Waals surface area contributed by atoms with Gasteiger partial charge in [-0.25, -0.2) is 4.79 Å². The van der Waals surface area contributed by atoms with Gasteiger partial charge in [-0.3, -0.25) is 4.79 Å².